The lowest BCUT2D eigenvalue weighted by Gasteiger charge is -2.23. The van der Waals surface area contributed by atoms with Crippen molar-refractivity contribution in [2.75, 3.05) is 0 Å². The normalized spacial score (nSPS) is 17.4. The number of para-hydroxylation sites is 1. The quantitative estimate of drug-likeness (QED) is 0.814. The highest BCUT2D eigenvalue weighted by Crippen LogP contribution is 2.33. The molecule has 3 rings (SSSR count). The third-order valence-electron chi connectivity index (χ3n) is 3.25. The summed E-state index contributed by atoms with van der Waals surface area (Å²) in [6.07, 6.45) is 2.30. The summed E-state index contributed by atoms with van der Waals surface area (Å²) >= 11 is 0. The Labute approximate surface area is 98.5 Å². The first-order valence-electron chi connectivity index (χ1n) is 5.58. The number of hydrogen-bond donors (Lipinski definition) is 1. The van der Waals surface area contributed by atoms with Crippen molar-refractivity contribution in [3.05, 3.63) is 47.3 Å². The van der Waals surface area contributed by atoms with Gasteiger partial charge in [0.1, 0.15) is 5.56 Å². The van der Waals surface area contributed by atoms with Crippen molar-refractivity contribution in [2.24, 2.45) is 0 Å². The molecule has 0 radical (unpaired) electrons. The van der Waals surface area contributed by atoms with Crippen LogP contribution in [-0.4, -0.2) is 20.9 Å². The van der Waals surface area contributed by atoms with Crippen LogP contribution >= 0.6 is 0 Å². The average Bonchev–Trinajstić information content (AvgIpc) is 2.74. The molecule has 0 amide bonds. The van der Waals surface area contributed by atoms with Crippen LogP contribution in [0.25, 0.3) is 5.69 Å². The van der Waals surface area contributed by atoms with E-state index in [1.165, 1.54) is 11.8 Å². The molecular weight excluding hydrogens is 216 g/mol. The molecule has 1 atom stereocenters. The molecule has 4 nitrogen and oxygen atoms in total. The van der Waals surface area contributed by atoms with Crippen LogP contribution < -0.4 is 0 Å². The van der Waals surface area contributed by atoms with Gasteiger partial charge in [0.2, 0.25) is 0 Å². The zero-order valence-corrected chi connectivity index (χ0v) is 9.42. The Hall–Kier alpha value is -2.10. The van der Waals surface area contributed by atoms with Crippen LogP contribution in [-0.2, 0) is 6.42 Å². The summed E-state index contributed by atoms with van der Waals surface area (Å²) in [5.41, 5.74) is 3.32. The highest BCUT2D eigenvalue weighted by Gasteiger charge is 2.27. The van der Waals surface area contributed by atoms with Crippen LogP contribution in [0, 0.1) is 0 Å². The molecule has 1 aromatic carbocycles. The summed E-state index contributed by atoms with van der Waals surface area (Å²) < 4.78 is 1.76. The Kier molecular flexibility index (Phi) is 2.04. The minimum atomic E-state index is -0.905. The summed E-state index contributed by atoms with van der Waals surface area (Å²) in [6.45, 7) is 2.04. The molecule has 0 spiro atoms. The van der Waals surface area contributed by atoms with Crippen molar-refractivity contribution in [2.45, 2.75) is 19.3 Å². The van der Waals surface area contributed by atoms with Crippen LogP contribution in [0.2, 0.25) is 0 Å². The van der Waals surface area contributed by atoms with Gasteiger partial charge in [-0.1, -0.05) is 25.1 Å². The maximum Gasteiger partial charge on any atom is 0.339 e. The Bertz CT molecular complexity index is 601. The first-order valence-corrected chi connectivity index (χ1v) is 5.58. The standard InChI is InChI=1S/C13H12N2O2/c1-8-6-9-4-2-3-5-11(9)15-12(8)10(7-14-15)13(16)17/h2-5,7-8H,6H2,1H3,(H,16,17). The third-order valence-corrected chi connectivity index (χ3v) is 3.25. The number of carbonyl (C=O) groups is 1. The van der Waals surface area contributed by atoms with E-state index in [9.17, 15) is 4.79 Å². The smallest absolute Gasteiger partial charge is 0.339 e. The van der Waals surface area contributed by atoms with Crippen molar-refractivity contribution in [1.29, 1.82) is 0 Å². The van der Waals surface area contributed by atoms with E-state index in [2.05, 4.69) is 11.2 Å². The molecule has 2 aromatic rings. The highest BCUT2D eigenvalue weighted by molar-refractivity contribution is 5.89. The monoisotopic (exact) mass is 228 g/mol. The van der Waals surface area contributed by atoms with E-state index < -0.39 is 5.97 Å². The largest absolute Gasteiger partial charge is 0.478 e. The van der Waals surface area contributed by atoms with E-state index in [1.807, 2.05) is 25.1 Å². The first-order chi connectivity index (χ1) is 8.18. The van der Waals surface area contributed by atoms with E-state index in [0.717, 1.165) is 17.8 Å². The molecular formula is C13H12N2O2. The number of aromatic nitrogens is 2. The van der Waals surface area contributed by atoms with Crippen LogP contribution in [0.3, 0.4) is 0 Å². The number of benzene rings is 1. The van der Waals surface area contributed by atoms with Gasteiger partial charge in [0, 0.05) is 5.92 Å². The molecule has 0 saturated heterocycles. The fraction of sp³-hybridized carbons (Fsp3) is 0.231. The van der Waals surface area contributed by atoms with Gasteiger partial charge in [0.05, 0.1) is 17.6 Å². The molecule has 4 heteroatoms. The zero-order valence-electron chi connectivity index (χ0n) is 9.42. The number of rotatable bonds is 1. The van der Waals surface area contributed by atoms with Gasteiger partial charge in [0.25, 0.3) is 0 Å². The SMILES string of the molecule is CC1Cc2ccccc2-n2ncc(C(=O)O)c21. The van der Waals surface area contributed by atoms with Crippen LogP contribution in [0.4, 0.5) is 0 Å². The number of nitrogens with zero attached hydrogens (tertiary/aromatic N) is 2. The number of hydrogen-bond acceptors (Lipinski definition) is 2. The number of carboxylic acid groups (broad SMARTS) is 1. The summed E-state index contributed by atoms with van der Waals surface area (Å²) in [5, 5.41) is 13.3. The molecule has 0 aliphatic carbocycles. The molecule has 1 aliphatic heterocycles. The maximum atomic E-state index is 11.1. The number of aromatic carboxylic acids is 1. The fourth-order valence-corrected chi connectivity index (χ4v) is 2.51. The van der Waals surface area contributed by atoms with Gasteiger partial charge in [0.15, 0.2) is 0 Å². The highest BCUT2D eigenvalue weighted by atomic mass is 16.4. The van der Waals surface area contributed by atoms with Crippen molar-refractivity contribution < 1.29 is 9.90 Å². The molecule has 86 valence electrons. The van der Waals surface area contributed by atoms with Gasteiger partial charge in [-0.05, 0) is 18.1 Å². The number of carboxylic acids is 1. The average molecular weight is 228 g/mol. The van der Waals surface area contributed by atoms with Gasteiger partial charge in [-0.25, -0.2) is 9.48 Å². The molecule has 1 N–H and O–H groups in total. The number of fused-ring (bicyclic) bond motifs is 3. The molecule has 1 unspecified atom stereocenters. The van der Waals surface area contributed by atoms with Crippen LogP contribution in [0.15, 0.2) is 30.5 Å². The lowest BCUT2D eigenvalue weighted by Crippen LogP contribution is -2.18. The second kappa shape index (κ2) is 3.45. The second-order valence-electron chi connectivity index (χ2n) is 4.39. The first kappa shape index (κ1) is 10.1. The summed E-state index contributed by atoms with van der Waals surface area (Å²) in [5.74, 6) is -0.726. The second-order valence-corrected chi connectivity index (χ2v) is 4.39. The van der Waals surface area contributed by atoms with E-state index in [4.69, 9.17) is 5.11 Å². The molecule has 17 heavy (non-hydrogen) atoms. The minimum absolute atomic E-state index is 0.179. The Balaban J connectivity index is 2.27. The third kappa shape index (κ3) is 1.37. The summed E-state index contributed by atoms with van der Waals surface area (Å²) in [6, 6.07) is 7.99. The van der Waals surface area contributed by atoms with Gasteiger partial charge >= 0.3 is 5.97 Å². The molecule has 0 saturated carbocycles. The Morgan fingerprint density at radius 2 is 2.24 bits per heavy atom. The van der Waals surface area contributed by atoms with Crippen molar-refractivity contribution in [1.82, 2.24) is 9.78 Å². The fourth-order valence-electron chi connectivity index (χ4n) is 2.51. The van der Waals surface area contributed by atoms with E-state index in [1.54, 1.807) is 4.68 Å². The maximum absolute atomic E-state index is 11.1. The molecule has 2 heterocycles. The Morgan fingerprint density at radius 1 is 1.47 bits per heavy atom. The van der Waals surface area contributed by atoms with E-state index in [0.29, 0.717) is 5.56 Å². The summed E-state index contributed by atoms with van der Waals surface area (Å²) in [4.78, 5) is 11.1. The lowest BCUT2D eigenvalue weighted by atomic mass is 9.91. The molecule has 0 bridgehead atoms. The predicted molar refractivity (Wildman–Crippen MR) is 62.6 cm³/mol. The van der Waals surface area contributed by atoms with Gasteiger partial charge in [-0.2, -0.15) is 5.10 Å². The Morgan fingerprint density at radius 3 is 3.00 bits per heavy atom. The van der Waals surface area contributed by atoms with Crippen molar-refractivity contribution in [3.63, 3.8) is 0 Å². The minimum Gasteiger partial charge on any atom is -0.478 e. The lowest BCUT2D eigenvalue weighted by molar-refractivity contribution is 0.0695. The van der Waals surface area contributed by atoms with E-state index >= 15 is 0 Å². The molecule has 1 aromatic heterocycles. The van der Waals surface area contributed by atoms with Crippen LogP contribution in [0.5, 0.6) is 0 Å². The van der Waals surface area contributed by atoms with E-state index in [-0.39, 0.29) is 5.92 Å². The molecule has 1 aliphatic rings. The molecule has 0 fully saturated rings. The topological polar surface area (TPSA) is 55.1 Å². The summed E-state index contributed by atoms with van der Waals surface area (Å²) in [7, 11) is 0. The zero-order chi connectivity index (χ0) is 12.0. The van der Waals surface area contributed by atoms with Gasteiger partial charge < -0.3 is 5.11 Å². The van der Waals surface area contributed by atoms with Crippen molar-refractivity contribution in [3.8, 4) is 5.69 Å². The van der Waals surface area contributed by atoms with Crippen LogP contribution in [0.1, 0.15) is 34.5 Å². The van der Waals surface area contributed by atoms with Crippen molar-refractivity contribution >= 4 is 5.97 Å². The predicted octanol–water partition coefficient (Wildman–Crippen LogP) is 2.23. The van der Waals surface area contributed by atoms with Gasteiger partial charge in [-0.3, -0.25) is 0 Å². The van der Waals surface area contributed by atoms with Gasteiger partial charge in [-0.15, -0.1) is 0 Å².